The molecule has 0 bridgehead atoms. The highest BCUT2D eigenvalue weighted by atomic mass is 16.5. The Kier molecular flexibility index (Phi) is 5.17. The molecule has 3 atom stereocenters. The van der Waals surface area contributed by atoms with Gasteiger partial charge in [-0.3, -0.25) is 0 Å². The van der Waals surface area contributed by atoms with Gasteiger partial charge in [0, 0.05) is 7.11 Å². The number of nitrogens with one attached hydrogen (secondary N) is 2. The Balaban J connectivity index is 2.56. The zero-order valence-electron chi connectivity index (χ0n) is 12.0. The van der Waals surface area contributed by atoms with E-state index in [-0.39, 0.29) is 12.1 Å². The minimum atomic E-state index is -1.03. The van der Waals surface area contributed by atoms with Gasteiger partial charge < -0.3 is 20.5 Å². The fraction of sp³-hybridized carbons (Fsp3) is 0.846. The highest BCUT2D eigenvalue weighted by Crippen LogP contribution is 2.22. The van der Waals surface area contributed by atoms with Crippen molar-refractivity contribution < 1.29 is 19.4 Å². The molecule has 0 aromatic rings. The Morgan fingerprint density at radius 3 is 2.42 bits per heavy atom. The van der Waals surface area contributed by atoms with Crippen LogP contribution in [0.25, 0.3) is 0 Å². The summed E-state index contributed by atoms with van der Waals surface area (Å²) in [5.74, 6) is -1.03. The number of hydrogen-bond donors (Lipinski definition) is 3. The standard InChI is InChI=1S/C13H24N2O4/c1-13(2,3)10(11(16)17)15-12(18)14-8-6-5-7-9(8)19-4/h8-10H,5-7H2,1-4H3,(H,16,17)(H2,14,15,18)/t8?,9?,10-/m1/s1. The number of carbonyl (C=O) groups excluding carboxylic acids is 1. The summed E-state index contributed by atoms with van der Waals surface area (Å²) in [5, 5.41) is 14.5. The molecule has 0 aromatic carbocycles. The molecule has 0 spiro atoms. The van der Waals surface area contributed by atoms with E-state index in [1.165, 1.54) is 0 Å². The molecule has 0 aromatic heterocycles. The number of carboxylic acids is 1. The molecule has 1 aliphatic rings. The van der Waals surface area contributed by atoms with Gasteiger partial charge in [-0.05, 0) is 24.7 Å². The number of hydrogen-bond acceptors (Lipinski definition) is 3. The van der Waals surface area contributed by atoms with Crippen molar-refractivity contribution in [1.82, 2.24) is 10.6 Å². The van der Waals surface area contributed by atoms with Crippen LogP contribution in [0.1, 0.15) is 40.0 Å². The third-order valence-corrected chi connectivity index (χ3v) is 3.46. The molecular weight excluding hydrogens is 248 g/mol. The number of methoxy groups -OCH3 is 1. The van der Waals surface area contributed by atoms with Crippen molar-refractivity contribution >= 4 is 12.0 Å². The molecular formula is C13H24N2O4. The van der Waals surface area contributed by atoms with Crippen molar-refractivity contribution in [3.8, 4) is 0 Å². The van der Waals surface area contributed by atoms with Crippen molar-refractivity contribution in [2.45, 2.75) is 58.2 Å². The van der Waals surface area contributed by atoms with Crippen LogP contribution in [0.4, 0.5) is 4.79 Å². The number of aliphatic carboxylic acids is 1. The van der Waals surface area contributed by atoms with Gasteiger partial charge in [0.05, 0.1) is 12.1 Å². The van der Waals surface area contributed by atoms with Crippen LogP contribution in [0.3, 0.4) is 0 Å². The van der Waals surface area contributed by atoms with Gasteiger partial charge in [-0.2, -0.15) is 0 Å². The van der Waals surface area contributed by atoms with Crippen molar-refractivity contribution in [3.05, 3.63) is 0 Å². The van der Waals surface area contributed by atoms with E-state index in [9.17, 15) is 9.59 Å². The van der Waals surface area contributed by atoms with Crippen LogP contribution < -0.4 is 10.6 Å². The Hall–Kier alpha value is -1.30. The van der Waals surface area contributed by atoms with E-state index in [1.54, 1.807) is 27.9 Å². The third kappa shape index (κ3) is 4.38. The zero-order valence-corrected chi connectivity index (χ0v) is 12.0. The van der Waals surface area contributed by atoms with Crippen molar-refractivity contribution in [2.24, 2.45) is 5.41 Å². The molecule has 0 saturated heterocycles. The second kappa shape index (κ2) is 6.23. The molecule has 110 valence electrons. The fourth-order valence-electron chi connectivity index (χ4n) is 2.36. The lowest BCUT2D eigenvalue weighted by Crippen LogP contribution is -2.55. The summed E-state index contributed by atoms with van der Waals surface area (Å²) in [6, 6.07) is -1.41. The number of urea groups is 1. The van der Waals surface area contributed by atoms with Crippen LogP contribution in [0.5, 0.6) is 0 Å². The average Bonchev–Trinajstić information content (AvgIpc) is 2.71. The first-order chi connectivity index (χ1) is 8.75. The van der Waals surface area contributed by atoms with Crippen LogP contribution in [-0.2, 0) is 9.53 Å². The third-order valence-electron chi connectivity index (χ3n) is 3.46. The minimum absolute atomic E-state index is 0.0173. The Labute approximate surface area is 113 Å². The average molecular weight is 272 g/mol. The lowest BCUT2D eigenvalue weighted by Gasteiger charge is -2.29. The van der Waals surface area contributed by atoms with Crippen molar-refractivity contribution in [2.75, 3.05) is 7.11 Å². The smallest absolute Gasteiger partial charge is 0.326 e. The first kappa shape index (κ1) is 15.8. The quantitative estimate of drug-likeness (QED) is 0.721. The lowest BCUT2D eigenvalue weighted by molar-refractivity contribution is -0.141. The Morgan fingerprint density at radius 1 is 1.32 bits per heavy atom. The molecule has 1 saturated carbocycles. The molecule has 0 heterocycles. The normalized spacial score (nSPS) is 24.8. The molecule has 1 aliphatic carbocycles. The van der Waals surface area contributed by atoms with Gasteiger partial charge >= 0.3 is 12.0 Å². The van der Waals surface area contributed by atoms with E-state index >= 15 is 0 Å². The summed E-state index contributed by atoms with van der Waals surface area (Å²) in [4.78, 5) is 23.1. The lowest BCUT2D eigenvalue weighted by atomic mass is 9.87. The van der Waals surface area contributed by atoms with Gasteiger partial charge in [0.15, 0.2) is 0 Å². The van der Waals surface area contributed by atoms with Crippen LogP contribution in [0.2, 0.25) is 0 Å². The monoisotopic (exact) mass is 272 g/mol. The molecule has 1 fully saturated rings. The molecule has 19 heavy (non-hydrogen) atoms. The van der Waals surface area contributed by atoms with Gasteiger partial charge in [0.2, 0.25) is 0 Å². The van der Waals surface area contributed by atoms with Gasteiger partial charge in [-0.15, -0.1) is 0 Å². The summed E-state index contributed by atoms with van der Waals surface area (Å²) in [6.07, 6.45) is 2.80. The second-order valence-corrected chi connectivity index (χ2v) is 6.07. The zero-order chi connectivity index (χ0) is 14.6. The second-order valence-electron chi connectivity index (χ2n) is 6.07. The largest absolute Gasteiger partial charge is 0.480 e. The maximum atomic E-state index is 11.9. The topological polar surface area (TPSA) is 87.7 Å². The molecule has 0 radical (unpaired) electrons. The summed E-state index contributed by atoms with van der Waals surface area (Å²) in [6.45, 7) is 5.33. The Morgan fingerprint density at radius 2 is 1.95 bits per heavy atom. The maximum absolute atomic E-state index is 11.9. The molecule has 1 rings (SSSR count). The summed E-state index contributed by atoms with van der Waals surface area (Å²) in [7, 11) is 1.62. The van der Waals surface area contributed by atoms with E-state index in [2.05, 4.69) is 10.6 Å². The number of rotatable bonds is 4. The number of ether oxygens (including phenoxy) is 1. The van der Waals surface area contributed by atoms with Crippen molar-refractivity contribution in [3.63, 3.8) is 0 Å². The molecule has 6 heteroatoms. The summed E-state index contributed by atoms with van der Waals surface area (Å²) >= 11 is 0. The van der Waals surface area contributed by atoms with Gasteiger partial charge in [-0.1, -0.05) is 20.8 Å². The van der Waals surface area contributed by atoms with Crippen molar-refractivity contribution in [1.29, 1.82) is 0 Å². The van der Waals surface area contributed by atoms with Crippen LogP contribution in [-0.4, -0.2) is 42.4 Å². The predicted molar refractivity (Wildman–Crippen MR) is 71.0 cm³/mol. The number of amides is 2. The SMILES string of the molecule is COC1CCCC1NC(=O)N[C@H](C(=O)O)C(C)(C)C. The van der Waals surface area contributed by atoms with E-state index in [0.717, 1.165) is 19.3 Å². The highest BCUT2D eigenvalue weighted by Gasteiger charge is 2.34. The number of carboxylic acid groups (broad SMARTS) is 1. The van der Waals surface area contributed by atoms with Gasteiger partial charge in [-0.25, -0.2) is 9.59 Å². The predicted octanol–water partition coefficient (Wildman–Crippen LogP) is 1.35. The fourth-order valence-corrected chi connectivity index (χ4v) is 2.36. The first-order valence-electron chi connectivity index (χ1n) is 6.58. The first-order valence-corrected chi connectivity index (χ1v) is 6.58. The van der Waals surface area contributed by atoms with Crippen LogP contribution >= 0.6 is 0 Å². The van der Waals surface area contributed by atoms with E-state index in [1.807, 2.05) is 0 Å². The minimum Gasteiger partial charge on any atom is -0.480 e. The Bertz CT molecular complexity index is 338. The molecule has 3 N–H and O–H groups in total. The van der Waals surface area contributed by atoms with E-state index in [0.29, 0.717) is 0 Å². The van der Waals surface area contributed by atoms with Crippen LogP contribution in [0.15, 0.2) is 0 Å². The maximum Gasteiger partial charge on any atom is 0.326 e. The van der Waals surface area contributed by atoms with E-state index in [4.69, 9.17) is 9.84 Å². The van der Waals surface area contributed by atoms with Gasteiger partial charge in [0.25, 0.3) is 0 Å². The molecule has 0 aliphatic heterocycles. The highest BCUT2D eigenvalue weighted by molar-refractivity contribution is 5.83. The van der Waals surface area contributed by atoms with Gasteiger partial charge in [0.1, 0.15) is 6.04 Å². The summed E-state index contributed by atoms with van der Waals surface area (Å²) in [5.41, 5.74) is -0.542. The molecule has 6 nitrogen and oxygen atoms in total. The number of carbonyl (C=O) groups is 2. The molecule has 2 amide bonds. The van der Waals surface area contributed by atoms with Crippen LogP contribution in [0, 0.1) is 5.41 Å². The summed E-state index contributed by atoms with van der Waals surface area (Å²) < 4.78 is 5.29. The van der Waals surface area contributed by atoms with E-state index < -0.39 is 23.5 Å². The molecule has 2 unspecified atom stereocenters.